The molecule has 0 aliphatic heterocycles. The van der Waals surface area contributed by atoms with E-state index in [-0.39, 0.29) is 21.6 Å². The van der Waals surface area contributed by atoms with Crippen LogP contribution in [-0.4, -0.2) is 18.5 Å². The maximum absolute atomic E-state index is 12.9. The Balaban J connectivity index is 2.29. The Morgan fingerprint density at radius 2 is 1.64 bits per heavy atom. The van der Waals surface area contributed by atoms with Crippen LogP contribution in [0.5, 0.6) is 5.75 Å². The van der Waals surface area contributed by atoms with Crippen LogP contribution >= 0.6 is 0 Å². The number of para-hydroxylation sites is 1. The number of hydrogen-bond donors (Lipinski definition) is 2. The quantitative estimate of drug-likeness (QED) is 0.771. The highest BCUT2D eigenvalue weighted by Gasteiger charge is 2.26. The summed E-state index contributed by atoms with van der Waals surface area (Å²) in [7, 11) is -3.66. The van der Waals surface area contributed by atoms with E-state index in [1.165, 1.54) is 24.3 Å². The average Bonchev–Trinajstić information content (AvgIpc) is 2.88. The molecule has 0 bridgehead atoms. The predicted octanol–water partition coefficient (Wildman–Crippen LogP) is 3.83. The zero-order valence-corrected chi connectivity index (χ0v) is 13.2. The number of aromatic hydroxyl groups is 1. The second kappa shape index (κ2) is 5.18. The molecule has 1 aromatic heterocycles. The first kappa shape index (κ1) is 14.7. The highest BCUT2D eigenvalue weighted by Crippen LogP contribution is 2.34. The molecular formula is C17H17NO3S. The summed E-state index contributed by atoms with van der Waals surface area (Å²) in [6, 6.07) is 13.2. The summed E-state index contributed by atoms with van der Waals surface area (Å²) < 4.78 is 25.9. The van der Waals surface area contributed by atoms with E-state index in [1.807, 2.05) is 38.1 Å². The zero-order valence-electron chi connectivity index (χ0n) is 12.4. The summed E-state index contributed by atoms with van der Waals surface area (Å²) in [5.41, 5.74) is 1.60. The zero-order chi connectivity index (χ0) is 15.9. The standard InChI is InChI=1S/C17H17NO3S/c1-11(2)16-14-5-3-4-6-15(14)18-17(16)22(20,21)13-9-7-12(19)8-10-13/h3-11,18-19H,1-2H3. The van der Waals surface area contributed by atoms with Crippen molar-refractivity contribution in [2.75, 3.05) is 0 Å². The third-order valence-electron chi connectivity index (χ3n) is 3.70. The van der Waals surface area contributed by atoms with E-state index in [0.29, 0.717) is 0 Å². The lowest BCUT2D eigenvalue weighted by Gasteiger charge is -2.09. The molecule has 2 aromatic carbocycles. The molecule has 0 saturated heterocycles. The Hall–Kier alpha value is -2.27. The summed E-state index contributed by atoms with van der Waals surface area (Å²) in [6.45, 7) is 3.96. The molecule has 4 nitrogen and oxygen atoms in total. The molecule has 0 amide bonds. The van der Waals surface area contributed by atoms with Crippen LogP contribution in [-0.2, 0) is 9.84 Å². The third kappa shape index (κ3) is 2.27. The van der Waals surface area contributed by atoms with Crippen LogP contribution in [0.15, 0.2) is 58.5 Å². The molecule has 2 N–H and O–H groups in total. The number of aromatic amines is 1. The number of rotatable bonds is 3. The number of H-pyrrole nitrogens is 1. The summed E-state index contributed by atoms with van der Waals surface area (Å²) in [4.78, 5) is 3.21. The SMILES string of the molecule is CC(C)c1c(S(=O)(=O)c2ccc(O)cc2)[nH]c2ccccc12. The Labute approximate surface area is 129 Å². The molecule has 0 atom stereocenters. The summed E-state index contributed by atoms with van der Waals surface area (Å²) in [5.74, 6) is 0.109. The fourth-order valence-electron chi connectivity index (χ4n) is 2.67. The highest BCUT2D eigenvalue weighted by atomic mass is 32.2. The number of nitrogens with one attached hydrogen (secondary N) is 1. The first-order valence-corrected chi connectivity index (χ1v) is 8.54. The van der Waals surface area contributed by atoms with Gasteiger partial charge in [0.2, 0.25) is 9.84 Å². The van der Waals surface area contributed by atoms with Crippen LogP contribution in [0.2, 0.25) is 0 Å². The third-order valence-corrected chi connectivity index (χ3v) is 5.46. The lowest BCUT2D eigenvalue weighted by molar-refractivity contribution is 0.474. The Bertz CT molecular complexity index is 922. The summed E-state index contributed by atoms with van der Waals surface area (Å²) >= 11 is 0. The molecular weight excluding hydrogens is 298 g/mol. The topological polar surface area (TPSA) is 70.2 Å². The van der Waals surface area contributed by atoms with Crippen molar-refractivity contribution in [3.8, 4) is 5.75 Å². The lowest BCUT2D eigenvalue weighted by atomic mass is 10.0. The van der Waals surface area contributed by atoms with E-state index >= 15 is 0 Å². The molecule has 0 saturated carbocycles. The van der Waals surface area contributed by atoms with Crippen molar-refractivity contribution in [1.82, 2.24) is 4.98 Å². The van der Waals surface area contributed by atoms with Gasteiger partial charge in [-0.05, 0) is 41.8 Å². The molecule has 3 aromatic rings. The van der Waals surface area contributed by atoms with Crippen molar-refractivity contribution < 1.29 is 13.5 Å². The van der Waals surface area contributed by atoms with Crippen LogP contribution < -0.4 is 0 Å². The van der Waals surface area contributed by atoms with Crippen LogP contribution in [0, 0.1) is 0 Å². The number of hydrogen-bond acceptors (Lipinski definition) is 3. The number of benzene rings is 2. The van der Waals surface area contributed by atoms with Gasteiger partial charge in [0.15, 0.2) is 0 Å². The molecule has 114 valence electrons. The molecule has 5 heteroatoms. The van der Waals surface area contributed by atoms with Crippen LogP contribution in [0.3, 0.4) is 0 Å². The number of fused-ring (bicyclic) bond motifs is 1. The molecule has 1 heterocycles. The van der Waals surface area contributed by atoms with Gasteiger partial charge in [0, 0.05) is 10.9 Å². The molecule has 0 spiro atoms. The molecule has 0 radical (unpaired) electrons. The van der Waals surface area contributed by atoms with Crippen molar-refractivity contribution in [1.29, 1.82) is 0 Å². The summed E-state index contributed by atoms with van der Waals surface area (Å²) in [6.07, 6.45) is 0. The van der Waals surface area contributed by atoms with Gasteiger partial charge in [-0.3, -0.25) is 0 Å². The molecule has 0 fully saturated rings. The predicted molar refractivity (Wildman–Crippen MR) is 85.9 cm³/mol. The van der Waals surface area contributed by atoms with Crippen LogP contribution in [0.25, 0.3) is 10.9 Å². The lowest BCUT2D eigenvalue weighted by Crippen LogP contribution is -2.06. The van der Waals surface area contributed by atoms with Gasteiger partial charge < -0.3 is 10.1 Å². The van der Waals surface area contributed by atoms with Crippen LogP contribution in [0.1, 0.15) is 25.3 Å². The second-order valence-corrected chi connectivity index (χ2v) is 7.45. The first-order valence-electron chi connectivity index (χ1n) is 7.06. The van der Waals surface area contributed by atoms with Gasteiger partial charge in [0.25, 0.3) is 0 Å². The van der Waals surface area contributed by atoms with Crippen molar-refractivity contribution in [3.05, 3.63) is 54.1 Å². The monoisotopic (exact) mass is 315 g/mol. The fourth-order valence-corrected chi connectivity index (χ4v) is 4.28. The van der Waals surface area contributed by atoms with Crippen molar-refractivity contribution in [3.63, 3.8) is 0 Å². The maximum Gasteiger partial charge on any atom is 0.222 e. The van der Waals surface area contributed by atoms with Gasteiger partial charge in [0.1, 0.15) is 10.8 Å². The van der Waals surface area contributed by atoms with Crippen molar-refractivity contribution in [2.45, 2.75) is 29.7 Å². The van der Waals surface area contributed by atoms with E-state index in [4.69, 9.17) is 0 Å². The normalized spacial score (nSPS) is 12.1. The highest BCUT2D eigenvalue weighted by molar-refractivity contribution is 7.91. The largest absolute Gasteiger partial charge is 0.508 e. The Morgan fingerprint density at radius 1 is 1.00 bits per heavy atom. The van der Waals surface area contributed by atoms with Gasteiger partial charge in [-0.1, -0.05) is 32.0 Å². The van der Waals surface area contributed by atoms with Gasteiger partial charge in [-0.15, -0.1) is 0 Å². The molecule has 0 unspecified atom stereocenters. The van der Waals surface area contributed by atoms with Gasteiger partial charge >= 0.3 is 0 Å². The Morgan fingerprint density at radius 3 is 2.27 bits per heavy atom. The molecule has 3 rings (SSSR count). The smallest absolute Gasteiger partial charge is 0.222 e. The number of aromatic nitrogens is 1. The van der Waals surface area contributed by atoms with Gasteiger partial charge in [0.05, 0.1) is 4.90 Å². The number of sulfone groups is 1. The van der Waals surface area contributed by atoms with E-state index in [1.54, 1.807) is 0 Å². The second-order valence-electron chi connectivity index (χ2n) is 5.57. The van der Waals surface area contributed by atoms with Crippen molar-refractivity contribution in [2.24, 2.45) is 0 Å². The molecule has 0 aliphatic rings. The number of phenolic OH excluding ortho intramolecular Hbond substituents is 1. The van der Waals surface area contributed by atoms with E-state index in [9.17, 15) is 13.5 Å². The van der Waals surface area contributed by atoms with Crippen molar-refractivity contribution >= 4 is 20.7 Å². The minimum absolute atomic E-state index is 0.0414. The summed E-state index contributed by atoms with van der Waals surface area (Å²) in [5, 5.41) is 10.5. The van der Waals surface area contributed by atoms with Crippen LogP contribution in [0.4, 0.5) is 0 Å². The molecule has 22 heavy (non-hydrogen) atoms. The minimum Gasteiger partial charge on any atom is -0.508 e. The number of phenols is 1. The van der Waals surface area contributed by atoms with Gasteiger partial charge in [-0.2, -0.15) is 0 Å². The first-order chi connectivity index (χ1) is 10.4. The van der Waals surface area contributed by atoms with E-state index in [0.717, 1.165) is 16.5 Å². The fraction of sp³-hybridized carbons (Fsp3) is 0.176. The van der Waals surface area contributed by atoms with E-state index in [2.05, 4.69) is 4.98 Å². The van der Waals surface area contributed by atoms with E-state index < -0.39 is 9.84 Å². The van der Waals surface area contributed by atoms with Gasteiger partial charge in [-0.25, -0.2) is 8.42 Å². The maximum atomic E-state index is 12.9. The minimum atomic E-state index is -3.66. The Kier molecular flexibility index (Phi) is 3.45. The molecule has 0 aliphatic carbocycles. The average molecular weight is 315 g/mol.